The molecule has 0 aliphatic carbocycles. The van der Waals surface area contributed by atoms with E-state index in [9.17, 15) is 13.2 Å². The van der Waals surface area contributed by atoms with Gasteiger partial charge in [0.2, 0.25) is 5.91 Å². The molecule has 0 spiro atoms. The van der Waals surface area contributed by atoms with E-state index in [0.717, 1.165) is 20.3 Å². The minimum atomic E-state index is -3.99. The molecule has 0 fully saturated rings. The second kappa shape index (κ2) is 12.1. The molecule has 3 aromatic rings. The Labute approximate surface area is 212 Å². The van der Waals surface area contributed by atoms with Gasteiger partial charge in [-0.15, -0.1) is 11.8 Å². The van der Waals surface area contributed by atoms with E-state index in [1.54, 1.807) is 48.5 Å². The van der Waals surface area contributed by atoms with Crippen LogP contribution in [0.2, 0.25) is 0 Å². The molecule has 8 heteroatoms. The summed E-state index contributed by atoms with van der Waals surface area (Å²) in [5, 5.41) is 3.00. The average Bonchev–Trinajstić information content (AvgIpc) is 2.87. The number of benzene rings is 3. The summed E-state index contributed by atoms with van der Waals surface area (Å²) >= 11 is 1.53. The van der Waals surface area contributed by atoms with E-state index in [1.165, 1.54) is 11.8 Å². The van der Waals surface area contributed by atoms with Crippen molar-refractivity contribution in [2.45, 2.75) is 43.0 Å². The third-order valence-corrected chi connectivity index (χ3v) is 8.13. The van der Waals surface area contributed by atoms with Crippen molar-refractivity contribution in [3.63, 3.8) is 0 Å². The van der Waals surface area contributed by atoms with E-state index >= 15 is 0 Å². The van der Waals surface area contributed by atoms with Crippen LogP contribution in [0.4, 0.5) is 5.69 Å². The van der Waals surface area contributed by atoms with Crippen molar-refractivity contribution in [1.29, 1.82) is 0 Å². The summed E-state index contributed by atoms with van der Waals surface area (Å²) in [5.41, 5.74) is 2.51. The van der Waals surface area contributed by atoms with E-state index in [4.69, 9.17) is 4.74 Å². The lowest BCUT2D eigenvalue weighted by molar-refractivity contribution is -0.120. The summed E-state index contributed by atoms with van der Waals surface area (Å²) in [6, 6.07) is 21.1. The Morgan fingerprint density at radius 2 is 1.60 bits per heavy atom. The SMILES string of the molecule is CCOc1ccc(N(CC(=O)N[C@@H](CC)c2ccc(C)cc2)S(=O)(=O)c2ccc(SC)cc2)cc1. The van der Waals surface area contributed by atoms with E-state index in [1.807, 2.05) is 51.3 Å². The molecule has 1 amide bonds. The Hall–Kier alpha value is -2.97. The van der Waals surface area contributed by atoms with Crippen LogP contribution >= 0.6 is 11.8 Å². The monoisotopic (exact) mass is 512 g/mol. The summed E-state index contributed by atoms with van der Waals surface area (Å²) < 4.78 is 33.9. The number of aryl methyl sites for hydroxylation is 1. The van der Waals surface area contributed by atoms with Gasteiger partial charge in [-0.25, -0.2) is 8.42 Å². The molecule has 186 valence electrons. The Balaban J connectivity index is 1.91. The zero-order valence-electron chi connectivity index (χ0n) is 20.5. The van der Waals surface area contributed by atoms with Crippen LogP contribution in [0.5, 0.6) is 5.75 Å². The third-order valence-electron chi connectivity index (χ3n) is 5.59. The molecular formula is C27H32N2O4S2. The summed E-state index contributed by atoms with van der Waals surface area (Å²) in [4.78, 5) is 14.2. The van der Waals surface area contributed by atoms with Crippen LogP contribution in [-0.4, -0.2) is 33.7 Å². The fourth-order valence-electron chi connectivity index (χ4n) is 3.66. The number of hydrogen-bond donors (Lipinski definition) is 1. The number of carbonyl (C=O) groups is 1. The molecule has 0 aromatic heterocycles. The maximum Gasteiger partial charge on any atom is 0.264 e. The summed E-state index contributed by atoms with van der Waals surface area (Å²) in [6.45, 7) is 6.03. The van der Waals surface area contributed by atoms with Crippen LogP contribution in [-0.2, 0) is 14.8 Å². The van der Waals surface area contributed by atoms with Gasteiger partial charge in [-0.2, -0.15) is 0 Å². The molecule has 0 saturated carbocycles. The van der Waals surface area contributed by atoms with Crippen LogP contribution in [0.3, 0.4) is 0 Å². The van der Waals surface area contributed by atoms with Gasteiger partial charge in [0.05, 0.1) is 23.2 Å². The van der Waals surface area contributed by atoms with Crippen LogP contribution in [0, 0.1) is 6.92 Å². The Morgan fingerprint density at radius 1 is 0.971 bits per heavy atom. The normalized spacial score (nSPS) is 12.1. The molecule has 35 heavy (non-hydrogen) atoms. The first kappa shape index (κ1) is 26.6. The molecule has 0 bridgehead atoms. The highest BCUT2D eigenvalue weighted by Gasteiger charge is 2.28. The number of nitrogens with one attached hydrogen (secondary N) is 1. The average molecular weight is 513 g/mol. The smallest absolute Gasteiger partial charge is 0.264 e. The van der Waals surface area contributed by atoms with Gasteiger partial charge >= 0.3 is 0 Å². The minimum absolute atomic E-state index is 0.127. The van der Waals surface area contributed by atoms with Crippen molar-refractivity contribution in [2.75, 3.05) is 23.7 Å². The van der Waals surface area contributed by atoms with Crippen molar-refractivity contribution in [3.05, 3.63) is 83.9 Å². The predicted octanol–water partition coefficient (Wildman–Crippen LogP) is 5.58. The molecule has 0 aliphatic rings. The second-order valence-corrected chi connectivity index (χ2v) is 10.8. The zero-order valence-corrected chi connectivity index (χ0v) is 22.2. The van der Waals surface area contributed by atoms with Crippen molar-refractivity contribution in [2.24, 2.45) is 0 Å². The summed E-state index contributed by atoms with van der Waals surface area (Å²) in [5.74, 6) is 0.253. The lowest BCUT2D eigenvalue weighted by Crippen LogP contribution is -2.42. The van der Waals surface area contributed by atoms with Crippen molar-refractivity contribution in [1.82, 2.24) is 5.32 Å². The molecule has 3 aromatic carbocycles. The number of hydrogen-bond acceptors (Lipinski definition) is 5. The Kier molecular flexibility index (Phi) is 9.23. The zero-order chi connectivity index (χ0) is 25.4. The highest BCUT2D eigenvalue weighted by molar-refractivity contribution is 7.98. The van der Waals surface area contributed by atoms with E-state index in [2.05, 4.69) is 5.32 Å². The van der Waals surface area contributed by atoms with Crippen LogP contribution < -0.4 is 14.4 Å². The molecule has 6 nitrogen and oxygen atoms in total. The van der Waals surface area contributed by atoms with Crippen LogP contribution in [0.25, 0.3) is 0 Å². The number of carbonyl (C=O) groups excluding carboxylic acids is 1. The van der Waals surface area contributed by atoms with E-state index in [-0.39, 0.29) is 23.4 Å². The summed E-state index contributed by atoms with van der Waals surface area (Å²) in [6.07, 6.45) is 2.61. The lowest BCUT2D eigenvalue weighted by atomic mass is 10.0. The highest BCUT2D eigenvalue weighted by Crippen LogP contribution is 2.27. The molecule has 0 saturated heterocycles. The number of sulfonamides is 1. The van der Waals surface area contributed by atoms with Gasteiger partial charge < -0.3 is 10.1 Å². The number of anilines is 1. The number of thioether (sulfide) groups is 1. The van der Waals surface area contributed by atoms with Gasteiger partial charge in [-0.3, -0.25) is 9.10 Å². The Bertz CT molecular complexity index is 1210. The van der Waals surface area contributed by atoms with Gasteiger partial charge in [-0.1, -0.05) is 36.8 Å². The lowest BCUT2D eigenvalue weighted by Gasteiger charge is -2.26. The van der Waals surface area contributed by atoms with Gasteiger partial charge in [0.1, 0.15) is 12.3 Å². The first-order valence-electron chi connectivity index (χ1n) is 11.5. The van der Waals surface area contributed by atoms with Crippen molar-refractivity contribution < 1.29 is 17.9 Å². The van der Waals surface area contributed by atoms with Crippen molar-refractivity contribution >= 4 is 33.4 Å². The first-order chi connectivity index (χ1) is 16.8. The molecule has 3 rings (SSSR count). The second-order valence-electron chi connectivity index (χ2n) is 8.05. The predicted molar refractivity (Wildman–Crippen MR) is 143 cm³/mol. The number of nitrogens with zero attached hydrogens (tertiary/aromatic N) is 1. The minimum Gasteiger partial charge on any atom is -0.494 e. The third kappa shape index (κ3) is 6.80. The molecule has 0 heterocycles. The number of ether oxygens (including phenoxy) is 1. The molecule has 0 radical (unpaired) electrons. The van der Waals surface area contributed by atoms with Crippen LogP contribution in [0.15, 0.2) is 82.6 Å². The largest absolute Gasteiger partial charge is 0.494 e. The quantitative estimate of drug-likeness (QED) is 0.340. The molecule has 1 N–H and O–H groups in total. The van der Waals surface area contributed by atoms with Crippen molar-refractivity contribution in [3.8, 4) is 5.75 Å². The molecule has 0 aliphatic heterocycles. The molecular weight excluding hydrogens is 480 g/mol. The first-order valence-corrected chi connectivity index (χ1v) is 14.2. The van der Waals surface area contributed by atoms with Gasteiger partial charge in [0.15, 0.2) is 0 Å². The number of rotatable bonds is 11. The standard InChI is InChI=1S/C27H32N2O4S2/c1-5-26(21-9-7-20(3)8-10-21)28-27(30)19-29(22-11-13-23(14-12-22)33-6-2)35(31,32)25-17-15-24(34-4)16-18-25/h7-18,26H,5-6,19H2,1-4H3,(H,28,30)/t26-/m0/s1. The van der Waals surface area contributed by atoms with Gasteiger partial charge in [-0.05, 0) is 80.6 Å². The van der Waals surface area contributed by atoms with Gasteiger partial charge in [0, 0.05) is 4.90 Å². The van der Waals surface area contributed by atoms with E-state index in [0.29, 0.717) is 24.5 Å². The van der Waals surface area contributed by atoms with E-state index < -0.39 is 10.0 Å². The maximum absolute atomic E-state index is 13.6. The fourth-order valence-corrected chi connectivity index (χ4v) is 5.48. The summed E-state index contributed by atoms with van der Waals surface area (Å²) in [7, 11) is -3.99. The Morgan fingerprint density at radius 3 is 2.14 bits per heavy atom. The number of amides is 1. The molecule has 1 atom stereocenters. The fraction of sp³-hybridized carbons (Fsp3) is 0.296. The topological polar surface area (TPSA) is 75.7 Å². The van der Waals surface area contributed by atoms with Crippen LogP contribution in [0.1, 0.15) is 37.4 Å². The van der Waals surface area contributed by atoms with Gasteiger partial charge in [0.25, 0.3) is 10.0 Å². The maximum atomic E-state index is 13.6. The molecule has 0 unspecified atom stereocenters. The highest BCUT2D eigenvalue weighted by atomic mass is 32.2.